The number of aromatic nitrogens is 1. The first-order valence-corrected chi connectivity index (χ1v) is 9.45. The zero-order valence-corrected chi connectivity index (χ0v) is 15.3. The van der Waals surface area contributed by atoms with Gasteiger partial charge in [0.15, 0.2) is 0 Å². The zero-order chi connectivity index (χ0) is 16.9. The van der Waals surface area contributed by atoms with Gasteiger partial charge in [0.2, 0.25) is 0 Å². The Hall–Kier alpha value is -1.66. The molecule has 0 bridgehead atoms. The summed E-state index contributed by atoms with van der Waals surface area (Å²) in [6.45, 7) is 3.52. The number of benzene rings is 1. The second-order valence-electron chi connectivity index (χ2n) is 6.77. The molecule has 130 valence electrons. The second kappa shape index (κ2) is 7.94. The molecule has 2 heterocycles. The summed E-state index contributed by atoms with van der Waals surface area (Å²) in [5, 5.41) is 4.20. The predicted octanol–water partition coefficient (Wildman–Crippen LogP) is 2.82. The van der Waals surface area contributed by atoms with Crippen molar-refractivity contribution in [2.24, 2.45) is 5.92 Å². The number of carbonyl (C=O) groups is 1. The van der Waals surface area contributed by atoms with Gasteiger partial charge in [-0.15, -0.1) is 11.3 Å². The number of urea groups is 1. The third-order valence-corrected chi connectivity index (χ3v) is 5.47. The van der Waals surface area contributed by atoms with Gasteiger partial charge in [0.1, 0.15) is 0 Å². The van der Waals surface area contributed by atoms with Crippen molar-refractivity contribution in [3.63, 3.8) is 0 Å². The molecule has 5 nitrogen and oxygen atoms in total. The predicted molar refractivity (Wildman–Crippen MR) is 99.6 cm³/mol. The van der Waals surface area contributed by atoms with E-state index in [1.807, 2.05) is 17.0 Å². The minimum atomic E-state index is 0.0838. The molecule has 0 saturated carbocycles. The molecule has 0 unspecified atom stereocenters. The van der Waals surface area contributed by atoms with Gasteiger partial charge >= 0.3 is 6.03 Å². The van der Waals surface area contributed by atoms with E-state index in [9.17, 15) is 4.79 Å². The summed E-state index contributed by atoms with van der Waals surface area (Å²) >= 11 is 1.75. The number of hydrogen-bond acceptors (Lipinski definition) is 4. The number of carbonyl (C=O) groups excluding carboxylic acids is 1. The van der Waals surface area contributed by atoms with Gasteiger partial charge in [0.05, 0.1) is 15.2 Å². The first kappa shape index (κ1) is 17.2. The Bertz CT molecular complexity index is 651. The van der Waals surface area contributed by atoms with Crippen molar-refractivity contribution >= 4 is 27.6 Å². The Morgan fingerprint density at radius 3 is 3.04 bits per heavy atom. The summed E-state index contributed by atoms with van der Waals surface area (Å²) < 4.78 is 1.24. The Balaban J connectivity index is 1.38. The molecule has 6 heteroatoms. The number of fused-ring (bicyclic) bond motifs is 1. The summed E-state index contributed by atoms with van der Waals surface area (Å²) in [6.07, 6.45) is 2.96. The molecule has 1 aromatic heterocycles. The molecule has 1 N–H and O–H groups in total. The lowest BCUT2D eigenvalue weighted by Crippen LogP contribution is -2.39. The molecular weight excluding hydrogens is 320 g/mol. The number of aryl methyl sites for hydroxylation is 1. The Kier molecular flexibility index (Phi) is 5.68. The lowest BCUT2D eigenvalue weighted by atomic mass is 10.1. The molecule has 1 aromatic carbocycles. The highest BCUT2D eigenvalue weighted by Crippen LogP contribution is 2.22. The summed E-state index contributed by atoms with van der Waals surface area (Å²) in [4.78, 5) is 21.0. The maximum atomic E-state index is 12.2. The summed E-state index contributed by atoms with van der Waals surface area (Å²) in [7, 11) is 4.18. The van der Waals surface area contributed by atoms with Crippen molar-refractivity contribution in [3.8, 4) is 0 Å². The largest absolute Gasteiger partial charge is 0.338 e. The number of amides is 2. The minimum absolute atomic E-state index is 0.0838. The summed E-state index contributed by atoms with van der Waals surface area (Å²) in [6, 6.07) is 8.31. The molecule has 3 rings (SSSR count). The summed E-state index contributed by atoms with van der Waals surface area (Å²) in [5.74, 6) is 0.605. The molecule has 2 aromatic rings. The Labute approximate surface area is 147 Å². The highest BCUT2D eigenvalue weighted by molar-refractivity contribution is 7.18. The van der Waals surface area contributed by atoms with Crippen molar-refractivity contribution in [1.82, 2.24) is 20.1 Å². The van der Waals surface area contributed by atoms with E-state index in [1.54, 1.807) is 11.3 Å². The van der Waals surface area contributed by atoms with E-state index >= 15 is 0 Å². The van der Waals surface area contributed by atoms with Crippen LogP contribution in [0.5, 0.6) is 0 Å². The highest BCUT2D eigenvalue weighted by atomic mass is 32.1. The third kappa shape index (κ3) is 4.45. The van der Waals surface area contributed by atoms with E-state index in [2.05, 4.69) is 41.4 Å². The van der Waals surface area contributed by atoms with Gasteiger partial charge in [0, 0.05) is 32.6 Å². The van der Waals surface area contributed by atoms with Crippen molar-refractivity contribution in [2.75, 3.05) is 40.3 Å². The molecule has 0 aliphatic carbocycles. The van der Waals surface area contributed by atoms with Gasteiger partial charge in [-0.2, -0.15) is 0 Å². The van der Waals surface area contributed by atoms with E-state index in [-0.39, 0.29) is 6.03 Å². The molecule has 1 atom stereocenters. The Morgan fingerprint density at radius 1 is 1.42 bits per heavy atom. The third-order valence-electron chi connectivity index (χ3n) is 4.38. The zero-order valence-electron chi connectivity index (χ0n) is 14.5. The lowest BCUT2D eigenvalue weighted by molar-refractivity contribution is 0.205. The van der Waals surface area contributed by atoms with E-state index < -0.39 is 0 Å². The van der Waals surface area contributed by atoms with Gasteiger partial charge < -0.3 is 15.1 Å². The van der Waals surface area contributed by atoms with Crippen LogP contribution in [0.2, 0.25) is 0 Å². The van der Waals surface area contributed by atoms with Crippen LogP contribution >= 0.6 is 11.3 Å². The molecule has 1 fully saturated rings. The van der Waals surface area contributed by atoms with Gasteiger partial charge in [-0.1, -0.05) is 12.1 Å². The van der Waals surface area contributed by atoms with Crippen LogP contribution < -0.4 is 5.32 Å². The highest BCUT2D eigenvalue weighted by Gasteiger charge is 2.26. The van der Waals surface area contributed by atoms with Crippen molar-refractivity contribution in [2.45, 2.75) is 19.3 Å². The number of likely N-dealkylation sites (tertiary alicyclic amines) is 1. The maximum Gasteiger partial charge on any atom is 0.317 e. The number of para-hydroxylation sites is 1. The fourth-order valence-corrected chi connectivity index (χ4v) is 4.27. The van der Waals surface area contributed by atoms with Crippen molar-refractivity contribution < 1.29 is 4.79 Å². The number of thiazole rings is 1. The molecule has 1 aliphatic rings. The monoisotopic (exact) mass is 346 g/mol. The molecule has 1 aliphatic heterocycles. The van der Waals surface area contributed by atoms with Crippen LogP contribution in [-0.2, 0) is 6.42 Å². The second-order valence-corrected chi connectivity index (χ2v) is 7.89. The van der Waals surface area contributed by atoms with Crippen LogP contribution in [0.25, 0.3) is 10.2 Å². The first-order valence-electron chi connectivity index (χ1n) is 8.64. The van der Waals surface area contributed by atoms with Gasteiger partial charge in [-0.25, -0.2) is 9.78 Å². The molecule has 0 radical (unpaired) electrons. The number of nitrogens with zero attached hydrogens (tertiary/aromatic N) is 3. The van der Waals surface area contributed by atoms with Crippen LogP contribution in [0.1, 0.15) is 17.8 Å². The lowest BCUT2D eigenvalue weighted by Gasteiger charge is -2.19. The normalized spacial score (nSPS) is 17.8. The summed E-state index contributed by atoms with van der Waals surface area (Å²) in [5.41, 5.74) is 1.07. The van der Waals surface area contributed by atoms with Crippen LogP contribution in [0.3, 0.4) is 0 Å². The number of hydrogen-bond donors (Lipinski definition) is 1. The smallest absolute Gasteiger partial charge is 0.317 e. The topological polar surface area (TPSA) is 48.5 Å². The number of nitrogens with one attached hydrogen (secondary N) is 1. The van der Waals surface area contributed by atoms with Crippen LogP contribution in [0.4, 0.5) is 4.79 Å². The standard InChI is InChI=1S/C18H26N4OS/c1-21(2)12-14-9-11-22(13-14)18(23)19-10-5-8-17-20-15-6-3-4-7-16(15)24-17/h3-4,6-7,14H,5,8-13H2,1-2H3,(H,19,23)/t14-/m0/s1. The maximum absolute atomic E-state index is 12.2. The van der Waals surface area contributed by atoms with E-state index in [0.29, 0.717) is 12.5 Å². The average molecular weight is 347 g/mol. The fourth-order valence-electron chi connectivity index (χ4n) is 3.26. The molecule has 0 spiro atoms. The fraction of sp³-hybridized carbons (Fsp3) is 0.556. The SMILES string of the molecule is CN(C)C[C@@H]1CCN(C(=O)NCCCc2nc3ccccc3s2)C1. The van der Waals surface area contributed by atoms with Crippen LogP contribution in [0.15, 0.2) is 24.3 Å². The van der Waals surface area contributed by atoms with Gasteiger partial charge in [-0.05, 0) is 45.0 Å². The van der Waals surface area contributed by atoms with Crippen LogP contribution in [0, 0.1) is 5.92 Å². The van der Waals surface area contributed by atoms with Crippen molar-refractivity contribution in [3.05, 3.63) is 29.3 Å². The molecule has 1 saturated heterocycles. The first-order chi connectivity index (χ1) is 11.6. The Morgan fingerprint density at radius 2 is 2.25 bits per heavy atom. The van der Waals surface area contributed by atoms with Crippen LogP contribution in [-0.4, -0.2) is 61.1 Å². The van der Waals surface area contributed by atoms with E-state index in [1.165, 1.54) is 4.70 Å². The molecule has 2 amide bonds. The van der Waals surface area contributed by atoms with Gasteiger partial charge in [-0.3, -0.25) is 0 Å². The number of rotatable bonds is 6. The quantitative estimate of drug-likeness (QED) is 0.818. The minimum Gasteiger partial charge on any atom is -0.338 e. The molecule has 24 heavy (non-hydrogen) atoms. The van der Waals surface area contributed by atoms with Gasteiger partial charge in [0.25, 0.3) is 0 Å². The van der Waals surface area contributed by atoms with Crippen molar-refractivity contribution in [1.29, 1.82) is 0 Å². The van der Waals surface area contributed by atoms with E-state index in [4.69, 9.17) is 0 Å². The molecular formula is C18H26N4OS. The average Bonchev–Trinajstić information content (AvgIpc) is 3.17. The van der Waals surface area contributed by atoms with E-state index in [0.717, 1.165) is 49.4 Å².